The van der Waals surface area contributed by atoms with Crippen molar-refractivity contribution in [3.63, 3.8) is 0 Å². The molecule has 0 spiro atoms. The highest BCUT2D eigenvalue weighted by Crippen LogP contribution is 2.15. The number of guanidine groups is 1. The number of nitrogens with zero attached hydrogens (tertiary/aromatic N) is 2. The maximum atomic E-state index is 7.83. The zero-order valence-electron chi connectivity index (χ0n) is 15.1. The number of hydrogen-bond donors (Lipinski definition) is 3. The Labute approximate surface area is 162 Å². The first-order chi connectivity index (χ1) is 13.8. The van der Waals surface area contributed by atoms with E-state index in [0.717, 1.165) is 21.9 Å². The third-order valence-corrected chi connectivity index (χ3v) is 4.33. The van der Waals surface area contributed by atoms with Crippen molar-refractivity contribution >= 4 is 39.9 Å². The zero-order valence-corrected chi connectivity index (χ0v) is 15.1. The van der Waals surface area contributed by atoms with Crippen LogP contribution in [0.15, 0.2) is 95.1 Å². The van der Waals surface area contributed by atoms with Gasteiger partial charge in [-0.3, -0.25) is 5.41 Å². The molecule has 0 heterocycles. The van der Waals surface area contributed by atoms with Crippen molar-refractivity contribution in [2.24, 2.45) is 10.2 Å². The van der Waals surface area contributed by atoms with Crippen LogP contribution >= 0.6 is 0 Å². The predicted octanol–water partition coefficient (Wildman–Crippen LogP) is 4.47. The van der Waals surface area contributed by atoms with Crippen LogP contribution in [0.1, 0.15) is 11.1 Å². The number of nitrogens with one attached hydrogen (secondary N) is 3. The summed E-state index contributed by atoms with van der Waals surface area (Å²) in [5, 5.41) is 20.7. The Hall–Kier alpha value is -3.99. The summed E-state index contributed by atoms with van der Waals surface area (Å²) >= 11 is 0. The quantitative estimate of drug-likeness (QED) is 0.283. The second-order valence-corrected chi connectivity index (χ2v) is 6.33. The lowest BCUT2D eigenvalue weighted by molar-refractivity contribution is 0.893. The molecule has 4 aromatic rings. The molecule has 0 saturated heterocycles. The van der Waals surface area contributed by atoms with Gasteiger partial charge < -0.3 is 0 Å². The largest absolute Gasteiger partial charge is 0.266 e. The Morgan fingerprint density at radius 1 is 0.607 bits per heavy atom. The van der Waals surface area contributed by atoms with E-state index >= 15 is 0 Å². The van der Waals surface area contributed by atoms with E-state index in [9.17, 15) is 0 Å². The minimum atomic E-state index is -0.00548. The van der Waals surface area contributed by atoms with Crippen LogP contribution in [0.25, 0.3) is 21.5 Å². The highest BCUT2D eigenvalue weighted by atomic mass is 15.4. The van der Waals surface area contributed by atoms with E-state index in [1.54, 1.807) is 12.4 Å². The molecule has 0 aliphatic heterocycles. The second-order valence-electron chi connectivity index (χ2n) is 6.33. The molecule has 0 saturated carbocycles. The third kappa shape index (κ3) is 4.22. The van der Waals surface area contributed by atoms with E-state index in [2.05, 4.69) is 57.5 Å². The number of rotatable bonds is 4. The molecule has 0 aliphatic carbocycles. The van der Waals surface area contributed by atoms with E-state index in [4.69, 9.17) is 5.41 Å². The lowest BCUT2D eigenvalue weighted by Gasteiger charge is -2.02. The van der Waals surface area contributed by atoms with Gasteiger partial charge in [-0.25, -0.2) is 10.9 Å². The van der Waals surface area contributed by atoms with Crippen molar-refractivity contribution in [1.82, 2.24) is 10.9 Å². The Kier molecular flexibility index (Phi) is 5.06. The lowest BCUT2D eigenvalue weighted by atomic mass is 10.1. The van der Waals surface area contributed by atoms with Gasteiger partial charge in [0.15, 0.2) is 0 Å². The summed E-state index contributed by atoms with van der Waals surface area (Å²) in [5.74, 6) is -0.00548. The van der Waals surface area contributed by atoms with Gasteiger partial charge in [0.2, 0.25) is 5.96 Å². The maximum absolute atomic E-state index is 7.83. The first-order valence-corrected chi connectivity index (χ1v) is 8.92. The standard InChI is InChI=1S/C23H19N5/c24-23(27-25-15-17-9-11-19-5-1-3-7-21(19)13-17)28-26-16-18-10-12-20-6-2-4-8-22(20)14-18/h1-16H,(H3,24,27,28)/b25-15+,26-16+. The van der Waals surface area contributed by atoms with E-state index in [1.807, 2.05) is 48.5 Å². The number of hydrazone groups is 2. The average Bonchev–Trinajstić information content (AvgIpc) is 2.73. The monoisotopic (exact) mass is 365 g/mol. The van der Waals surface area contributed by atoms with Crippen LogP contribution in [-0.2, 0) is 0 Å². The Morgan fingerprint density at radius 3 is 1.50 bits per heavy atom. The van der Waals surface area contributed by atoms with Crippen molar-refractivity contribution in [3.05, 3.63) is 96.1 Å². The summed E-state index contributed by atoms with van der Waals surface area (Å²) < 4.78 is 0. The molecule has 4 aromatic carbocycles. The predicted molar refractivity (Wildman–Crippen MR) is 117 cm³/mol. The minimum absolute atomic E-state index is 0.00548. The van der Waals surface area contributed by atoms with Crippen LogP contribution in [0.3, 0.4) is 0 Å². The fourth-order valence-corrected chi connectivity index (χ4v) is 2.94. The summed E-state index contributed by atoms with van der Waals surface area (Å²) in [6.45, 7) is 0. The molecule has 5 nitrogen and oxygen atoms in total. The van der Waals surface area contributed by atoms with Gasteiger partial charge in [-0.05, 0) is 44.8 Å². The molecule has 0 bridgehead atoms. The van der Waals surface area contributed by atoms with E-state index in [-0.39, 0.29) is 5.96 Å². The molecule has 0 aromatic heterocycles. The van der Waals surface area contributed by atoms with Crippen molar-refractivity contribution < 1.29 is 0 Å². The van der Waals surface area contributed by atoms with Gasteiger partial charge in [-0.1, -0.05) is 72.8 Å². The summed E-state index contributed by atoms with van der Waals surface area (Å²) in [5.41, 5.74) is 7.16. The van der Waals surface area contributed by atoms with Crippen molar-refractivity contribution in [2.45, 2.75) is 0 Å². The Bertz CT molecular complexity index is 1100. The molecule has 5 heteroatoms. The molecule has 136 valence electrons. The fraction of sp³-hybridized carbons (Fsp3) is 0. The summed E-state index contributed by atoms with van der Waals surface area (Å²) in [7, 11) is 0. The second kappa shape index (κ2) is 8.14. The van der Waals surface area contributed by atoms with Gasteiger partial charge in [-0.15, -0.1) is 0 Å². The smallest absolute Gasteiger partial charge is 0.230 e. The maximum Gasteiger partial charge on any atom is 0.230 e. The Balaban J connectivity index is 1.33. The summed E-state index contributed by atoms with van der Waals surface area (Å²) in [6.07, 6.45) is 3.35. The van der Waals surface area contributed by atoms with Gasteiger partial charge in [0.1, 0.15) is 0 Å². The Morgan fingerprint density at radius 2 is 1.04 bits per heavy atom. The number of benzene rings is 4. The van der Waals surface area contributed by atoms with Crippen LogP contribution in [0, 0.1) is 5.41 Å². The average molecular weight is 365 g/mol. The molecule has 28 heavy (non-hydrogen) atoms. The molecular weight excluding hydrogens is 346 g/mol. The van der Waals surface area contributed by atoms with Gasteiger partial charge in [0, 0.05) is 0 Å². The number of fused-ring (bicyclic) bond motifs is 2. The minimum Gasteiger partial charge on any atom is -0.266 e. The molecule has 0 fully saturated rings. The van der Waals surface area contributed by atoms with E-state index in [0.29, 0.717) is 0 Å². The van der Waals surface area contributed by atoms with Crippen LogP contribution in [-0.4, -0.2) is 18.4 Å². The number of hydrogen-bond acceptors (Lipinski definition) is 3. The van der Waals surface area contributed by atoms with Gasteiger partial charge >= 0.3 is 0 Å². The van der Waals surface area contributed by atoms with E-state index < -0.39 is 0 Å². The van der Waals surface area contributed by atoms with Crippen LogP contribution < -0.4 is 10.9 Å². The van der Waals surface area contributed by atoms with Crippen molar-refractivity contribution in [2.75, 3.05) is 0 Å². The lowest BCUT2D eigenvalue weighted by Crippen LogP contribution is -2.29. The topological polar surface area (TPSA) is 72.6 Å². The van der Waals surface area contributed by atoms with Gasteiger partial charge in [0.05, 0.1) is 12.4 Å². The fourth-order valence-electron chi connectivity index (χ4n) is 2.94. The molecule has 0 aliphatic rings. The molecule has 0 amide bonds. The molecule has 0 radical (unpaired) electrons. The van der Waals surface area contributed by atoms with Crippen LogP contribution in [0.5, 0.6) is 0 Å². The molecular formula is C23H19N5. The molecule has 3 N–H and O–H groups in total. The van der Waals surface area contributed by atoms with Gasteiger partial charge in [-0.2, -0.15) is 10.2 Å². The van der Waals surface area contributed by atoms with Crippen LogP contribution in [0.4, 0.5) is 0 Å². The molecule has 4 rings (SSSR count). The van der Waals surface area contributed by atoms with Gasteiger partial charge in [0.25, 0.3) is 0 Å². The molecule has 0 atom stereocenters. The highest BCUT2D eigenvalue weighted by molar-refractivity contribution is 5.92. The third-order valence-electron chi connectivity index (χ3n) is 4.33. The summed E-state index contributed by atoms with van der Waals surface area (Å²) in [4.78, 5) is 0. The first kappa shape index (κ1) is 17.4. The van der Waals surface area contributed by atoms with E-state index in [1.165, 1.54) is 10.8 Å². The normalized spacial score (nSPS) is 11.4. The van der Waals surface area contributed by atoms with Crippen molar-refractivity contribution in [1.29, 1.82) is 5.41 Å². The molecule has 0 unspecified atom stereocenters. The SMILES string of the molecule is N=C(N/N=C/c1ccc2ccccc2c1)N/N=C/c1ccc2ccccc2c1. The van der Waals surface area contributed by atoms with Crippen molar-refractivity contribution in [3.8, 4) is 0 Å². The zero-order chi connectivity index (χ0) is 19.2. The van der Waals surface area contributed by atoms with Crippen LogP contribution in [0.2, 0.25) is 0 Å². The summed E-state index contributed by atoms with van der Waals surface area (Å²) in [6, 6.07) is 28.5. The first-order valence-electron chi connectivity index (χ1n) is 8.92. The highest BCUT2D eigenvalue weighted by Gasteiger charge is 1.95.